The van der Waals surface area contributed by atoms with Gasteiger partial charge in [0, 0.05) is 6.42 Å². The van der Waals surface area contributed by atoms with Crippen LogP contribution in [0.2, 0.25) is 0 Å². The van der Waals surface area contributed by atoms with Crippen LogP contribution in [0.4, 0.5) is 0 Å². The Morgan fingerprint density at radius 2 is 2.13 bits per heavy atom. The third-order valence-corrected chi connectivity index (χ3v) is 2.76. The minimum absolute atomic E-state index is 0.127. The molecule has 1 aliphatic rings. The Hall–Kier alpha value is -1.43. The monoisotopic (exact) mass is 205 g/mol. The molecule has 0 bridgehead atoms. The van der Waals surface area contributed by atoms with Crippen LogP contribution >= 0.6 is 0 Å². The standard InChI is InChI=1S/C12H15NO2/c1-4-5-8-10(14)6-12(2,3)9(7-13)11(8)15/h5,9H,4,6H2,1-3H3. The molecule has 1 fully saturated rings. The third-order valence-electron chi connectivity index (χ3n) is 2.76. The van der Waals surface area contributed by atoms with E-state index in [1.807, 2.05) is 13.0 Å². The molecule has 0 aliphatic heterocycles. The largest absolute Gasteiger partial charge is 0.294 e. The van der Waals surface area contributed by atoms with Gasteiger partial charge in [0.15, 0.2) is 11.6 Å². The molecule has 0 saturated heterocycles. The summed E-state index contributed by atoms with van der Waals surface area (Å²) in [5.41, 5.74) is -0.308. The zero-order valence-electron chi connectivity index (χ0n) is 9.33. The van der Waals surface area contributed by atoms with Crippen LogP contribution in [-0.2, 0) is 9.59 Å². The van der Waals surface area contributed by atoms with E-state index < -0.39 is 11.3 Å². The fourth-order valence-electron chi connectivity index (χ4n) is 1.91. The molecule has 1 atom stereocenters. The molecule has 1 saturated carbocycles. The predicted molar refractivity (Wildman–Crippen MR) is 55.9 cm³/mol. The molecule has 1 aliphatic carbocycles. The summed E-state index contributed by atoms with van der Waals surface area (Å²) in [6, 6.07) is 2.01. The van der Waals surface area contributed by atoms with Crippen molar-refractivity contribution in [2.75, 3.05) is 0 Å². The molecular formula is C12H15NO2. The smallest absolute Gasteiger partial charge is 0.183 e. The van der Waals surface area contributed by atoms with E-state index in [4.69, 9.17) is 5.26 Å². The van der Waals surface area contributed by atoms with Gasteiger partial charge in [0.1, 0.15) is 5.92 Å². The molecule has 0 aromatic rings. The molecule has 3 nitrogen and oxygen atoms in total. The van der Waals surface area contributed by atoms with Gasteiger partial charge in [0.2, 0.25) is 0 Å². The summed E-state index contributed by atoms with van der Waals surface area (Å²) >= 11 is 0. The third kappa shape index (κ3) is 1.99. The van der Waals surface area contributed by atoms with Crippen molar-refractivity contribution in [3.8, 4) is 6.07 Å². The topological polar surface area (TPSA) is 57.9 Å². The summed E-state index contributed by atoms with van der Waals surface area (Å²) in [4.78, 5) is 23.5. The fourth-order valence-corrected chi connectivity index (χ4v) is 1.91. The molecule has 15 heavy (non-hydrogen) atoms. The maximum absolute atomic E-state index is 11.9. The van der Waals surface area contributed by atoms with Crippen molar-refractivity contribution in [1.29, 1.82) is 5.26 Å². The summed E-state index contributed by atoms with van der Waals surface area (Å²) < 4.78 is 0. The molecule has 3 heteroatoms. The summed E-state index contributed by atoms with van der Waals surface area (Å²) in [7, 11) is 0. The van der Waals surface area contributed by atoms with E-state index in [-0.39, 0.29) is 23.6 Å². The SMILES string of the molecule is CCC=C1C(=O)CC(C)(C)C(C#N)C1=O. The van der Waals surface area contributed by atoms with Crippen LogP contribution in [0.1, 0.15) is 33.6 Å². The molecule has 0 aromatic carbocycles. The van der Waals surface area contributed by atoms with Gasteiger partial charge in [-0.25, -0.2) is 0 Å². The van der Waals surface area contributed by atoms with E-state index >= 15 is 0 Å². The Balaban J connectivity index is 3.14. The van der Waals surface area contributed by atoms with Crippen LogP contribution in [-0.4, -0.2) is 11.6 Å². The lowest BCUT2D eigenvalue weighted by molar-refractivity contribution is -0.130. The molecule has 1 unspecified atom stereocenters. The fraction of sp³-hybridized carbons (Fsp3) is 0.583. The second-order valence-electron chi connectivity index (χ2n) is 4.54. The van der Waals surface area contributed by atoms with Gasteiger partial charge in [-0.2, -0.15) is 5.26 Å². The van der Waals surface area contributed by atoms with E-state index in [2.05, 4.69) is 0 Å². The van der Waals surface area contributed by atoms with Gasteiger partial charge in [-0.3, -0.25) is 9.59 Å². The zero-order chi connectivity index (χ0) is 11.6. The molecule has 0 spiro atoms. The second kappa shape index (κ2) is 3.98. The van der Waals surface area contributed by atoms with Crippen molar-refractivity contribution in [2.24, 2.45) is 11.3 Å². The van der Waals surface area contributed by atoms with Crippen molar-refractivity contribution in [1.82, 2.24) is 0 Å². The van der Waals surface area contributed by atoms with Crippen LogP contribution in [0, 0.1) is 22.7 Å². The van der Waals surface area contributed by atoms with E-state index in [0.29, 0.717) is 6.42 Å². The van der Waals surface area contributed by atoms with Crippen LogP contribution in [0.15, 0.2) is 11.6 Å². The molecule has 0 amide bonds. The van der Waals surface area contributed by atoms with Crippen molar-refractivity contribution in [3.05, 3.63) is 11.6 Å². The van der Waals surface area contributed by atoms with Crippen LogP contribution in [0.3, 0.4) is 0 Å². The first-order valence-electron chi connectivity index (χ1n) is 5.11. The highest BCUT2D eigenvalue weighted by molar-refractivity contribution is 6.23. The maximum Gasteiger partial charge on any atom is 0.183 e. The summed E-state index contributed by atoms with van der Waals surface area (Å²) in [6.07, 6.45) is 2.55. The summed E-state index contributed by atoms with van der Waals surface area (Å²) in [5, 5.41) is 8.96. The Kier molecular flexibility index (Phi) is 3.09. The lowest BCUT2D eigenvalue weighted by Gasteiger charge is -2.33. The van der Waals surface area contributed by atoms with E-state index in [0.717, 1.165) is 0 Å². The number of Topliss-reactive ketones (excluding diaryl/α,β-unsaturated/α-hetero) is 2. The number of carbonyl (C=O) groups excluding carboxylic acids is 2. The first-order valence-corrected chi connectivity index (χ1v) is 5.11. The molecule has 80 valence electrons. The Bertz CT molecular complexity index is 372. The van der Waals surface area contributed by atoms with Gasteiger partial charge < -0.3 is 0 Å². The number of carbonyl (C=O) groups is 2. The zero-order valence-corrected chi connectivity index (χ0v) is 9.33. The molecule has 0 aromatic heterocycles. The van der Waals surface area contributed by atoms with E-state index in [1.165, 1.54) is 0 Å². The number of nitriles is 1. The first-order chi connectivity index (χ1) is 6.94. The summed E-state index contributed by atoms with van der Waals surface area (Å²) in [6.45, 7) is 5.45. The normalized spacial score (nSPS) is 27.9. The van der Waals surface area contributed by atoms with Gasteiger partial charge in [0.25, 0.3) is 0 Å². The summed E-state index contributed by atoms with van der Waals surface area (Å²) in [5.74, 6) is -1.12. The van der Waals surface area contributed by atoms with Gasteiger partial charge in [-0.1, -0.05) is 26.8 Å². The molecule has 1 rings (SSSR count). The average molecular weight is 205 g/mol. The number of hydrogen-bond acceptors (Lipinski definition) is 3. The van der Waals surface area contributed by atoms with Crippen LogP contribution < -0.4 is 0 Å². The van der Waals surface area contributed by atoms with Crippen molar-refractivity contribution in [2.45, 2.75) is 33.6 Å². The van der Waals surface area contributed by atoms with Gasteiger partial charge >= 0.3 is 0 Å². The second-order valence-corrected chi connectivity index (χ2v) is 4.54. The van der Waals surface area contributed by atoms with Gasteiger partial charge in [-0.05, 0) is 11.8 Å². The lowest BCUT2D eigenvalue weighted by atomic mass is 9.66. The Labute approximate surface area is 89.8 Å². The highest BCUT2D eigenvalue weighted by Crippen LogP contribution is 2.38. The first kappa shape index (κ1) is 11.6. The van der Waals surface area contributed by atoms with Gasteiger partial charge in [-0.15, -0.1) is 0 Å². The van der Waals surface area contributed by atoms with Crippen molar-refractivity contribution < 1.29 is 9.59 Å². The average Bonchev–Trinajstić information content (AvgIpc) is 2.11. The van der Waals surface area contributed by atoms with Gasteiger partial charge in [0.05, 0.1) is 11.6 Å². The van der Waals surface area contributed by atoms with Crippen LogP contribution in [0.5, 0.6) is 0 Å². The van der Waals surface area contributed by atoms with E-state index in [1.54, 1.807) is 19.9 Å². The maximum atomic E-state index is 11.9. The quantitative estimate of drug-likeness (QED) is 0.486. The number of hydrogen-bond donors (Lipinski definition) is 0. The van der Waals surface area contributed by atoms with Crippen LogP contribution in [0.25, 0.3) is 0 Å². The lowest BCUT2D eigenvalue weighted by Crippen LogP contribution is -2.40. The molecule has 0 heterocycles. The minimum Gasteiger partial charge on any atom is -0.294 e. The highest BCUT2D eigenvalue weighted by atomic mass is 16.2. The molecular weight excluding hydrogens is 190 g/mol. The van der Waals surface area contributed by atoms with Crippen molar-refractivity contribution >= 4 is 11.6 Å². The Morgan fingerprint density at radius 3 is 2.60 bits per heavy atom. The minimum atomic E-state index is -0.687. The predicted octanol–water partition coefficient (Wildman–Crippen LogP) is 2.03. The highest BCUT2D eigenvalue weighted by Gasteiger charge is 2.44. The van der Waals surface area contributed by atoms with E-state index in [9.17, 15) is 9.59 Å². The number of nitrogens with zero attached hydrogens (tertiary/aromatic N) is 1. The molecule has 0 radical (unpaired) electrons. The molecule has 0 N–H and O–H groups in total. The number of allylic oxidation sites excluding steroid dienone is 2. The van der Waals surface area contributed by atoms with Crippen molar-refractivity contribution in [3.63, 3.8) is 0 Å². The Morgan fingerprint density at radius 1 is 1.53 bits per heavy atom. The number of rotatable bonds is 1. The number of ketones is 2.